The van der Waals surface area contributed by atoms with E-state index >= 15 is 0 Å². The maximum absolute atomic E-state index is 11.9. The van der Waals surface area contributed by atoms with Gasteiger partial charge >= 0.3 is 5.97 Å². The Morgan fingerprint density at radius 2 is 2.12 bits per heavy atom. The zero-order chi connectivity index (χ0) is 11.7. The molecule has 0 amide bonds. The predicted molar refractivity (Wildman–Crippen MR) is 58.3 cm³/mol. The molecule has 1 unspecified atom stereocenters. The zero-order valence-electron chi connectivity index (χ0n) is 8.62. The van der Waals surface area contributed by atoms with Gasteiger partial charge in [0.15, 0.2) is 6.04 Å². The number of aliphatic carboxylic acids is 1. The Hall–Kier alpha value is -2.17. The first-order valence-corrected chi connectivity index (χ1v) is 4.80. The van der Waals surface area contributed by atoms with Crippen molar-refractivity contribution in [3.63, 3.8) is 0 Å². The number of rotatable bonds is 2. The standard InChI is InChI=1S/C11H10N2O3/c1-7(11(15)16)13-10(14)9-5-3-2-4-8(9)6-12-13/h2-7H,1H3,(H,15,16). The molecule has 82 valence electrons. The SMILES string of the molecule is CC(C(=O)O)n1ncc2ccccc2c1=O. The van der Waals surface area contributed by atoms with Crippen LogP contribution in [0.5, 0.6) is 0 Å². The first-order valence-electron chi connectivity index (χ1n) is 4.80. The van der Waals surface area contributed by atoms with Crippen LogP contribution in [0.1, 0.15) is 13.0 Å². The summed E-state index contributed by atoms with van der Waals surface area (Å²) in [7, 11) is 0. The highest BCUT2D eigenvalue weighted by molar-refractivity contribution is 5.80. The van der Waals surface area contributed by atoms with Gasteiger partial charge in [0, 0.05) is 5.39 Å². The van der Waals surface area contributed by atoms with Crippen molar-refractivity contribution in [2.45, 2.75) is 13.0 Å². The van der Waals surface area contributed by atoms with Crippen molar-refractivity contribution in [1.29, 1.82) is 0 Å². The van der Waals surface area contributed by atoms with Crippen molar-refractivity contribution in [1.82, 2.24) is 9.78 Å². The topological polar surface area (TPSA) is 72.2 Å². The van der Waals surface area contributed by atoms with Gasteiger partial charge in [-0.3, -0.25) is 4.79 Å². The van der Waals surface area contributed by atoms with E-state index in [0.29, 0.717) is 10.8 Å². The fourth-order valence-corrected chi connectivity index (χ4v) is 1.49. The van der Waals surface area contributed by atoms with Crippen molar-refractivity contribution in [3.05, 3.63) is 40.8 Å². The molecule has 1 atom stereocenters. The van der Waals surface area contributed by atoms with Gasteiger partial charge in [0.1, 0.15) is 0 Å². The van der Waals surface area contributed by atoms with Crippen molar-refractivity contribution in [3.8, 4) is 0 Å². The lowest BCUT2D eigenvalue weighted by molar-refractivity contribution is -0.140. The van der Waals surface area contributed by atoms with E-state index in [9.17, 15) is 9.59 Å². The first kappa shape index (κ1) is 10.4. The molecule has 5 heteroatoms. The molecule has 0 saturated heterocycles. The molecule has 0 aliphatic carbocycles. The molecule has 0 saturated carbocycles. The highest BCUT2D eigenvalue weighted by Gasteiger charge is 2.16. The Bertz CT molecular complexity index is 603. The molecule has 1 aromatic heterocycles. The number of carboxylic acids is 1. The summed E-state index contributed by atoms with van der Waals surface area (Å²) in [5.41, 5.74) is -0.381. The molecule has 0 spiro atoms. The van der Waals surface area contributed by atoms with E-state index in [1.54, 1.807) is 24.3 Å². The Labute approximate surface area is 90.9 Å². The highest BCUT2D eigenvalue weighted by Crippen LogP contribution is 2.08. The quantitative estimate of drug-likeness (QED) is 0.817. The molecule has 2 rings (SSSR count). The van der Waals surface area contributed by atoms with Crippen LogP contribution in [-0.2, 0) is 4.79 Å². The van der Waals surface area contributed by atoms with Crippen LogP contribution >= 0.6 is 0 Å². The van der Waals surface area contributed by atoms with Crippen LogP contribution in [0.2, 0.25) is 0 Å². The second-order valence-electron chi connectivity index (χ2n) is 3.50. The predicted octanol–water partition coefficient (Wildman–Crippen LogP) is 1.04. The summed E-state index contributed by atoms with van der Waals surface area (Å²) >= 11 is 0. The van der Waals surface area contributed by atoms with Crippen LogP contribution < -0.4 is 5.56 Å². The minimum atomic E-state index is -1.08. The van der Waals surface area contributed by atoms with Crippen LogP contribution in [-0.4, -0.2) is 20.9 Å². The third-order valence-electron chi connectivity index (χ3n) is 2.44. The Morgan fingerprint density at radius 1 is 1.44 bits per heavy atom. The van der Waals surface area contributed by atoms with E-state index in [-0.39, 0.29) is 5.56 Å². The average molecular weight is 218 g/mol. The lowest BCUT2D eigenvalue weighted by Gasteiger charge is -2.09. The second kappa shape index (κ2) is 3.77. The number of benzene rings is 1. The van der Waals surface area contributed by atoms with E-state index < -0.39 is 12.0 Å². The molecule has 0 aliphatic rings. The maximum atomic E-state index is 11.9. The molecule has 0 fully saturated rings. The lowest BCUT2D eigenvalue weighted by atomic mass is 10.2. The molecule has 1 N–H and O–H groups in total. The lowest BCUT2D eigenvalue weighted by Crippen LogP contribution is -2.30. The second-order valence-corrected chi connectivity index (χ2v) is 3.50. The number of carboxylic acid groups (broad SMARTS) is 1. The fraction of sp³-hybridized carbons (Fsp3) is 0.182. The highest BCUT2D eigenvalue weighted by atomic mass is 16.4. The van der Waals surface area contributed by atoms with Crippen LogP contribution in [0.25, 0.3) is 10.8 Å². The molecule has 0 radical (unpaired) electrons. The van der Waals surface area contributed by atoms with Gasteiger partial charge in [0.05, 0.1) is 11.6 Å². The first-order chi connectivity index (χ1) is 7.61. The summed E-state index contributed by atoms with van der Waals surface area (Å²) in [5.74, 6) is -1.08. The van der Waals surface area contributed by atoms with Gasteiger partial charge in [-0.15, -0.1) is 0 Å². The summed E-state index contributed by atoms with van der Waals surface area (Å²) in [6.07, 6.45) is 1.50. The number of aromatic nitrogens is 2. The number of nitrogens with zero attached hydrogens (tertiary/aromatic N) is 2. The number of hydrogen-bond acceptors (Lipinski definition) is 3. The van der Waals surface area contributed by atoms with E-state index in [4.69, 9.17) is 5.11 Å². The summed E-state index contributed by atoms with van der Waals surface area (Å²) in [5, 5.41) is 13.9. The molecule has 5 nitrogen and oxygen atoms in total. The van der Waals surface area contributed by atoms with Crippen LogP contribution in [0, 0.1) is 0 Å². The normalized spacial score (nSPS) is 12.6. The average Bonchev–Trinajstić information content (AvgIpc) is 2.29. The molecule has 16 heavy (non-hydrogen) atoms. The summed E-state index contributed by atoms with van der Waals surface area (Å²) < 4.78 is 0.977. The smallest absolute Gasteiger partial charge is 0.328 e. The van der Waals surface area contributed by atoms with Crippen molar-refractivity contribution >= 4 is 16.7 Å². The monoisotopic (exact) mass is 218 g/mol. The van der Waals surface area contributed by atoms with Gasteiger partial charge in [0.25, 0.3) is 5.56 Å². The van der Waals surface area contributed by atoms with Crippen LogP contribution in [0.4, 0.5) is 0 Å². The largest absolute Gasteiger partial charge is 0.480 e. The molecule has 2 aromatic rings. The maximum Gasteiger partial charge on any atom is 0.328 e. The van der Waals surface area contributed by atoms with E-state index in [1.807, 2.05) is 0 Å². The summed E-state index contributed by atoms with van der Waals surface area (Å²) in [6, 6.07) is 6.00. The molecular formula is C11H10N2O3. The van der Waals surface area contributed by atoms with Gasteiger partial charge in [-0.25, -0.2) is 9.48 Å². The zero-order valence-corrected chi connectivity index (χ0v) is 8.62. The van der Waals surface area contributed by atoms with Crippen molar-refractivity contribution in [2.75, 3.05) is 0 Å². The van der Waals surface area contributed by atoms with Gasteiger partial charge in [0.2, 0.25) is 0 Å². The van der Waals surface area contributed by atoms with E-state index in [1.165, 1.54) is 13.1 Å². The van der Waals surface area contributed by atoms with E-state index in [2.05, 4.69) is 5.10 Å². The third kappa shape index (κ3) is 1.56. The molecule has 1 aromatic carbocycles. The van der Waals surface area contributed by atoms with E-state index in [0.717, 1.165) is 4.68 Å². The minimum Gasteiger partial charge on any atom is -0.480 e. The number of fused-ring (bicyclic) bond motifs is 1. The van der Waals surface area contributed by atoms with Gasteiger partial charge < -0.3 is 5.11 Å². The molecule has 0 bridgehead atoms. The van der Waals surface area contributed by atoms with Gasteiger partial charge in [-0.05, 0) is 13.0 Å². The Morgan fingerprint density at radius 3 is 2.81 bits per heavy atom. The third-order valence-corrected chi connectivity index (χ3v) is 2.44. The minimum absolute atomic E-state index is 0.381. The number of hydrogen-bond donors (Lipinski definition) is 1. The summed E-state index contributed by atoms with van der Waals surface area (Å²) in [6.45, 7) is 1.42. The Kier molecular flexibility index (Phi) is 2.44. The molecule has 0 aliphatic heterocycles. The van der Waals surface area contributed by atoms with Gasteiger partial charge in [-0.1, -0.05) is 18.2 Å². The fourth-order valence-electron chi connectivity index (χ4n) is 1.49. The van der Waals surface area contributed by atoms with Crippen LogP contribution in [0.3, 0.4) is 0 Å². The van der Waals surface area contributed by atoms with Crippen molar-refractivity contribution < 1.29 is 9.90 Å². The molecular weight excluding hydrogens is 208 g/mol. The van der Waals surface area contributed by atoms with Gasteiger partial charge in [-0.2, -0.15) is 5.10 Å². The van der Waals surface area contributed by atoms with Crippen LogP contribution in [0.15, 0.2) is 35.3 Å². The Balaban J connectivity index is 2.70. The summed E-state index contributed by atoms with van der Waals surface area (Å²) in [4.78, 5) is 22.7. The number of carbonyl (C=O) groups is 1. The van der Waals surface area contributed by atoms with Crippen molar-refractivity contribution in [2.24, 2.45) is 0 Å². The molecule has 1 heterocycles.